The summed E-state index contributed by atoms with van der Waals surface area (Å²) >= 11 is 0. The number of nitrogens with zero attached hydrogens (tertiary/aromatic N) is 2. The average molecular weight is 326 g/mol. The molecule has 0 spiro atoms. The molecule has 2 atom stereocenters. The molecule has 0 amide bonds. The molecule has 1 aliphatic carbocycles. The van der Waals surface area contributed by atoms with E-state index in [4.69, 9.17) is 4.74 Å². The van der Waals surface area contributed by atoms with E-state index in [-0.39, 0.29) is 17.2 Å². The Labute approximate surface area is 141 Å². The van der Waals surface area contributed by atoms with Crippen LogP contribution < -0.4 is 0 Å². The SMILES string of the molecule is COC(=O)C1C(C)=NC2=C(C(=O)CC(C)(C)C2)[C@H]1c1ccccn1. The first-order valence-corrected chi connectivity index (χ1v) is 8.14. The second kappa shape index (κ2) is 5.96. The molecular weight excluding hydrogens is 304 g/mol. The van der Waals surface area contributed by atoms with E-state index in [9.17, 15) is 9.59 Å². The van der Waals surface area contributed by atoms with Crippen molar-refractivity contribution in [3.05, 3.63) is 41.4 Å². The van der Waals surface area contributed by atoms with Crippen LogP contribution in [0.15, 0.2) is 40.7 Å². The molecule has 1 aliphatic heterocycles. The van der Waals surface area contributed by atoms with Crippen molar-refractivity contribution in [1.29, 1.82) is 0 Å². The minimum atomic E-state index is -0.603. The summed E-state index contributed by atoms with van der Waals surface area (Å²) in [5.41, 5.74) is 2.70. The Morgan fingerprint density at radius 3 is 2.67 bits per heavy atom. The molecule has 24 heavy (non-hydrogen) atoms. The number of ether oxygens (including phenoxy) is 1. The molecule has 2 heterocycles. The van der Waals surface area contributed by atoms with Crippen molar-refractivity contribution in [2.45, 2.75) is 39.5 Å². The number of allylic oxidation sites excluding steroid dienone is 2. The van der Waals surface area contributed by atoms with E-state index in [2.05, 4.69) is 23.8 Å². The maximum atomic E-state index is 12.9. The molecule has 0 fully saturated rings. The van der Waals surface area contributed by atoms with Crippen LogP contribution in [0.2, 0.25) is 0 Å². The molecular formula is C19H22N2O3. The quantitative estimate of drug-likeness (QED) is 0.783. The number of ketones is 1. The summed E-state index contributed by atoms with van der Waals surface area (Å²) in [6.07, 6.45) is 2.86. The fourth-order valence-corrected chi connectivity index (χ4v) is 3.76. The summed E-state index contributed by atoms with van der Waals surface area (Å²) in [5, 5.41) is 0. The second-order valence-corrected chi connectivity index (χ2v) is 7.29. The predicted octanol–water partition coefficient (Wildman–Crippen LogP) is 3.07. The van der Waals surface area contributed by atoms with Gasteiger partial charge in [-0.15, -0.1) is 0 Å². The Morgan fingerprint density at radius 2 is 2.04 bits per heavy atom. The van der Waals surface area contributed by atoms with Gasteiger partial charge in [-0.1, -0.05) is 19.9 Å². The van der Waals surface area contributed by atoms with E-state index in [1.807, 2.05) is 25.1 Å². The number of aliphatic imine (C=N–C) groups is 1. The van der Waals surface area contributed by atoms with Gasteiger partial charge in [-0.05, 0) is 30.9 Å². The normalized spacial score (nSPS) is 25.8. The highest BCUT2D eigenvalue weighted by Gasteiger charge is 2.46. The molecule has 3 rings (SSSR count). The Morgan fingerprint density at radius 1 is 1.29 bits per heavy atom. The van der Waals surface area contributed by atoms with Crippen LogP contribution in [0.25, 0.3) is 0 Å². The number of aromatic nitrogens is 1. The predicted molar refractivity (Wildman–Crippen MR) is 90.6 cm³/mol. The van der Waals surface area contributed by atoms with Crippen LogP contribution >= 0.6 is 0 Å². The van der Waals surface area contributed by atoms with Crippen LogP contribution in [0.1, 0.15) is 45.2 Å². The highest BCUT2D eigenvalue weighted by atomic mass is 16.5. The van der Waals surface area contributed by atoms with Crippen molar-refractivity contribution in [2.75, 3.05) is 7.11 Å². The number of hydrogen-bond donors (Lipinski definition) is 0. The van der Waals surface area contributed by atoms with Crippen molar-refractivity contribution >= 4 is 17.5 Å². The second-order valence-electron chi connectivity index (χ2n) is 7.29. The summed E-state index contributed by atoms with van der Waals surface area (Å²) in [5.74, 6) is -1.35. The standard InChI is InChI=1S/C19H22N2O3/c1-11-15(18(23)24-4)17(12-7-5-6-8-20-12)16-13(21-11)9-19(2,3)10-14(16)22/h5-8,15,17H,9-10H2,1-4H3/t15?,17-/m0/s1. The fraction of sp³-hybridized carbons (Fsp3) is 0.474. The molecule has 1 aromatic heterocycles. The number of carbonyl (C=O) groups is 2. The number of hydrogen-bond acceptors (Lipinski definition) is 5. The molecule has 0 radical (unpaired) electrons. The summed E-state index contributed by atoms with van der Waals surface area (Å²) in [6.45, 7) is 5.97. The minimum Gasteiger partial charge on any atom is -0.468 e. The van der Waals surface area contributed by atoms with Gasteiger partial charge in [-0.2, -0.15) is 0 Å². The third-order valence-electron chi connectivity index (χ3n) is 4.76. The zero-order chi connectivity index (χ0) is 17.5. The number of pyridine rings is 1. The molecule has 0 bridgehead atoms. The van der Waals surface area contributed by atoms with E-state index in [0.717, 1.165) is 12.1 Å². The number of methoxy groups -OCH3 is 1. The number of rotatable bonds is 2. The number of carbonyl (C=O) groups excluding carboxylic acids is 2. The first kappa shape index (κ1) is 16.6. The first-order chi connectivity index (χ1) is 11.3. The van der Waals surface area contributed by atoms with Crippen molar-refractivity contribution in [1.82, 2.24) is 4.98 Å². The largest absolute Gasteiger partial charge is 0.468 e. The van der Waals surface area contributed by atoms with Gasteiger partial charge in [0, 0.05) is 35.3 Å². The third-order valence-corrected chi connectivity index (χ3v) is 4.76. The van der Waals surface area contributed by atoms with E-state index in [1.54, 1.807) is 6.20 Å². The van der Waals surface area contributed by atoms with Gasteiger partial charge in [0.2, 0.25) is 0 Å². The van der Waals surface area contributed by atoms with Crippen molar-refractivity contribution in [2.24, 2.45) is 16.3 Å². The lowest BCUT2D eigenvalue weighted by Gasteiger charge is -2.38. The zero-order valence-electron chi connectivity index (χ0n) is 14.5. The summed E-state index contributed by atoms with van der Waals surface area (Å²) in [6, 6.07) is 5.55. The lowest BCUT2D eigenvalue weighted by Crippen LogP contribution is -2.39. The molecule has 0 saturated carbocycles. The van der Waals surface area contributed by atoms with Crippen molar-refractivity contribution in [3.8, 4) is 0 Å². The molecule has 0 saturated heterocycles. The lowest BCUT2D eigenvalue weighted by atomic mass is 9.67. The van der Waals surface area contributed by atoms with Crippen LogP contribution in [-0.4, -0.2) is 29.6 Å². The van der Waals surface area contributed by atoms with Gasteiger partial charge in [-0.25, -0.2) is 0 Å². The minimum absolute atomic E-state index is 0.0575. The summed E-state index contributed by atoms with van der Waals surface area (Å²) in [4.78, 5) is 34.3. The van der Waals surface area contributed by atoms with Gasteiger partial charge < -0.3 is 4.74 Å². The highest BCUT2D eigenvalue weighted by molar-refractivity contribution is 6.08. The van der Waals surface area contributed by atoms with Gasteiger partial charge in [-0.3, -0.25) is 19.6 Å². The maximum absolute atomic E-state index is 12.9. The van der Waals surface area contributed by atoms with Crippen molar-refractivity contribution < 1.29 is 14.3 Å². The monoisotopic (exact) mass is 326 g/mol. The summed E-state index contributed by atoms with van der Waals surface area (Å²) in [7, 11) is 1.36. The first-order valence-electron chi connectivity index (χ1n) is 8.14. The Hall–Kier alpha value is -2.30. The van der Waals surface area contributed by atoms with Crippen LogP contribution in [0.4, 0.5) is 0 Å². The molecule has 126 valence electrons. The molecule has 1 aromatic rings. The zero-order valence-corrected chi connectivity index (χ0v) is 14.5. The van der Waals surface area contributed by atoms with Gasteiger partial charge in [0.05, 0.1) is 13.0 Å². The number of esters is 1. The third kappa shape index (κ3) is 2.79. The number of Topliss-reactive ketones (excluding diaryl/α,β-unsaturated/α-hetero) is 1. The smallest absolute Gasteiger partial charge is 0.315 e. The van der Waals surface area contributed by atoms with E-state index in [1.165, 1.54) is 7.11 Å². The maximum Gasteiger partial charge on any atom is 0.315 e. The van der Waals surface area contributed by atoms with Crippen LogP contribution in [-0.2, 0) is 14.3 Å². The van der Waals surface area contributed by atoms with Gasteiger partial charge >= 0.3 is 5.97 Å². The van der Waals surface area contributed by atoms with Crippen LogP contribution in [0, 0.1) is 11.3 Å². The van der Waals surface area contributed by atoms with Gasteiger partial charge in [0.1, 0.15) is 5.92 Å². The van der Waals surface area contributed by atoms with Gasteiger partial charge in [0.25, 0.3) is 0 Å². The van der Waals surface area contributed by atoms with Crippen LogP contribution in [0.5, 0.6) is 0 Å². The van der Waals surface area contributed by atoms with E-state index >= 15 is 0 Å². The van der Waals surface area contributed by atoms with Crippen LogP contribution in [0.3, 0.4) is 0 Å². The fourth-order valence-electron chi connectivity index (χ4n) is 3.76. The molecule has 5 nitrogen and oxygen atoms in total. The van der Waals surface area contributed by atoms with Crippen molar-refractivity contribution in [3.63, 3.8) is 0 Å². The Kier molecular flexibility index (Phi) is 4.11. The van der Waals surface area contributed by atoms with E-state index < -0.39 is 11.8 Å². The molecule has 1 unspecified atom stereocenters. The van der Waals surface area contributed by atoms with E-state index in [0.29, 0.717) is 23.4 Å². The molecule has 2 aliphatic rings. The Bertz CT molecular complexity index is 747. The highest BCUT2D eigenvalue weighted by Crippen LogP contribution is 2.47. The Balaban J connectivity index is 2.19. The summed E-state index contributed by atoms with van der Waals surface area (Å²) < 4.78 is 4.99. The molecule has 0 aromatic carbocycles. The topological polar surface area (TPSA) is 68.6 Å². The molecule has 0 N–H and O–H groups in total. The van der Waals surface area contributed by atoms with Gasteiger partial charge in [0.15, 0.2) is 5.78 Å². The average Bonchev–Trinajstić information content (AvgIpc) is 2.52. The lowest BCUT2D eigenvalue weighted by molar-refractivity contribution is -0.143. The molecule has 5 heteroatoms.